The van der Waals surface area contributed by atoms with Crippen LogP contribution >= 0.6 is 0 Å². The Kier molecular flexibility index (Phi) is 4.41. The normalized spacial score (nSPS) is 11.5. The first-order valence-corrected chi connectivity index (χ1v) is 7.19. The molecule has 0 fully saturated rings. The standard InChI is InChI=1S/C10H18N4O2S/c1-7-8(2)13-10(14-9(7)3)11-5-6-12-17(4,15)16/h12H,5-6H2,1-4H3,(H,11,13,14). The molecular weight excluding hydrogens is 240 g/mol. The van der Waals surface area contributed by atoms with Gasteiger partial charge in [-0.15, -0.1) is 0 Å². The first kappa shape index (κ1) is 13.9. The maximum Gasteiger partial charge on any atom is 0.223 e. The van der Waals surface area contributed by atoms with Gasteiger partial charge in [0.2, 0.25) is 16.0 Å². The zero-order chi connectivity index (χ0) is 13.1. The molecule has 0 aliphatic carbocycles. The summed E-state index contributed by atoms with van der Waals surface area (Å²) in [4.78, 5) is 8.54. The molecule has 17 heavy (non-hydrogen) atoms. The second-order valence-electron chi connectivity index (χ2n) is 3.94. The van der Waals surface area contributed by atoms with E-state index in [-0.39, 0.29) is 0 Å². The van der Waals surface area contributed by atoms with Crippen molar-refractivity contribution in [1.82, 2.24) is 14.7 Å². The Morgan fingerprint density at radius 3 is 2.06 bits per heavy atom. The highest BCUT2D eigenvalue weighted by Gasteiger charge is 2.04. The molecule has 7 heteroatoms. The van der Waals surface area contributed by atoms with Crippen LogP contribution in [0.1, 0.15) is 17.0 Å². The lowest BCUT2D eigenvalue weighted by molar-refractivity contribution is 0.589. The third kappa shape index (κ3) is 4.66. The van der Waals surface area contributed by atoms with Crippen molar-refractivity contribution in [2.24, 2.45) is 0 Å². The predicted octanol–water partition coefficient (Wildman–Crippen LogP) is 0.363. The monoisotopic (exact) mass is 258 g/mol. The Labute approximate surface area is 102 Å². The first-order chi connectivity index (χ1) is 7.79. The first-order valence-electron chi connectivity index (χ1n) is 5.30. The molecule has 0 radical (unpaired) electrons. The van der Waals surface area contributed by atoms with E-state index in [0.29, 0.717) is 19.0 Å². The van der Waals surface area contributed by atoms with Gasteiger partial charge in [0, 0.05) is 24.5 Å². The predicted molar refractivity (Wildman–Crippen MR) is 67.6 cm³/mol. The van der Waals surface area contributed by atoms with Gasteiger partial charge in [0.15, 0.2) is 0 Å². The summed E-state index contributed by atoms with van der Waals surface area (Å²) < 4.78 is 24.0. The van der Waals surface area contributed by atoms with Crippen molar-refractivity contribution >= 4 is 16.0 Å². The molecule has 0 aromatic carbocycles. The van der Waals surface area contributed by atoms with Crippen LogP contribution in [-0.4, -0.2) is 37.7 Å². The van der Waals surface area contributed by atoms with Gasteiger partial charge >= 0.3 is 0 Å². The van der Waals surface area contributed by atoms with Crippen LogP contribution in [0.5, 0.6) is 0 Å². The number of anilines is 1. The SMILES string of the molecule is Cc1nc(NCCNS(C)(=O)=O)nc(C)c1C. The molecule has 2 N–H and O–H groups in total. The van der Waals surface area contributed by atoms with Crippen LogP contribution in [0.2, 0.25) is 0 Å². The van der Waals surface area contributed by atoms with Crippen molar-refractivity contribution < 1.29 is 8.42 Å². The molecule has 0 saturated heterocycles. The lowest BCUT2D eigenvalue weighted by Crippen LogP contribution is -2.28. The Morgan fingerprint density at radius 2 is 1.59 bits per heavy atom. The number of hydrogen-bond acceptors (Lipinski definition) is 5. The van der Waals surface area contributed by atoms with E-state index in [2.05, 4.69) is 20.0 Å². The molecule has 1 aromatic heterocycles. The molecule has 1 aromatic rings. The summed E-state index contributed by atoms with van der Waals surface area (Å²) in [6, 6.07) is 0. The van der Waals surface area contributed by atoms with Gasteiger partial charge in [0.25, 0.3) is 0 Å². The minimum atomic E-state index is -3.13. The fraction of sp³-hybridized carbons (Fsp3) is 0.600. The van der Waals surface area contributed by atoms with E-state index < -0.39 is 10.0 Å². The number of hydrogen-bond donors (Lipinski definition) is 2. The summed E-state index contributed by atoms with van der Waals surface area (Å²) in [5, 5.41) is 2.98. The summed E-state index contributed by atoms with van der Waals surface area (Å²) in [5.41, 5.74) is 2.93. The maximum absolute atomic E-state index is 10.8. The van der Waals surface area contributed by atoms with Gasteiger partial charge in [-0.25, -0.2) is 23.1 Å². The third-order valence-electron chi connectivity index (χ3n) is 2.40. The van der Waals surface area contributed by atoms with Crippen molar-refractivity contribution in [3.05, 3.63) is 17.0 Å². The smallest absolute Gasteiger partial charge is 0.223 e. The molecule has 1 rings (SSSR count). The van der Waals surface area contributed by atoms with Crippen LogP contribution in [0.15, 0.2) is 0 Å². The van der Waals surface area contributed by atoms with Gasteiger partial charge < -0.3 is 5.32 Å². The summed E-state index contributed by atoms with van der Waals surface area (Å²) in [7, 11) is -3.13. The number of nitrogens with one attached hydrogen (secondary N) is 2. The zero-order valence-corrected chi connectivity index (χ0v) is 11.3. The lowest BCUT2D eigenvalue weighted by Gasteiger charge is -2.09. The lowest BCUT2D eigenvalue weighted by atomic mass is 10.2. The van der Waals surface area contributed by atoms with Crippen molar-refractivity contribution in [1.29, 1.82) is 0 Å². The highest BCUT2D eigenvalue weighted by atomic mass is 32.2. The quantitative estimate of drug-likeness (QED) is 0.745. The van der Waals surface area contributed by atoms with Crippen LogP contribution in [0, 0.1) is 20.8 Å². The van der Waals surface area contributed by atoms with Crippen LogP contribution in [0.4, 0.5) is 5.95 Å². The van der Waals surface area contributed by atoms with Crippen LogP contribution < -0.4 is 10.0 Å². The second-order valence-corrected chi connectivity index (χ2v) is 5.77. The average Bonchev–Trinajstić information content (AvgIpc) is 2.19. The molecular formula is C10H18N4O2S. The molecule has 0 aliphatic heterocycles. The molecule has 0 saturated carbocycles. The number of aryl methyl sites for hydroxylation is 2. The van der Waals surface area contributed by atoms with Crippen LogP contribution in [0.3, 0.4) is 0 Å². The Hall–Kier alpha value is -1.21. The van der Waals surface area contributed by atoms with E-state index in [1.807, 2.05) is 20.8 Å². The van der Waals surface area contributed by atoms with E-state index in [0.717, 1.165) is 23.2 Å². The molecule has 1 heterocycles. The largest absolute Gasteiger partial charge is 0.353 e. The molecule has 0 atom stereocenters. The van der Waals surface area contributed by atoms with Gasteiger partial charge in [-0.05, 0) is 26.3 Å². The highest BCUT2D eigenvalue weighted by molar-refractivity contribution is 7.88. The van der Waals surface area contributed by atoms with E-state index in [1.54, 1.807) is 0 Å². The van der Waals surface area contributed by atoms with Gasteiger partial charge in [-0.2, -0.15) is 0 Å². The van der Waals surface area contributed by atoms with Crippen molar-refractivity contribution in [2.75, 3.05) is 24.7 Å². The summed E-state index contributed by atoms with van der Waals surface area (Å²) >= 11 is 0. The number of nitrogens with zero attached hydrogens (tertiary/aromatic N) is 2. The second kappa shape index (κ2) is 5.42. The van der Waals surface area contributed by atoms with Crippen molar-refractivity contribution in [3.8, 4) is 0 Å². The Balaban J connectivity index is 2.53. The molecule has 0 unspecified atom stereocenters. The molecule has 96 valence electrons. The van der Waals surface area contributed by atoms with Crippen LogP contribution in [0.25, 0.3) is 0 Å². The molecule has 6 nitrogen and oxygen atoms in total. The molecule has 0 aliphatic rings. The number of rotatable bonds is 5. The van der Waals surface area contributed by atoms with E-state index in [4.69, 9.17) is 0 Å². The Morgan fingerprint density at radius 1 is 1.06 bits per heavy atom. The van der Waals surface area contributed by atoms with E-state index in [1.165, 1.54) is 0 Å². The minimum Gasteiger partial charge on any atom is -0.353 e. The zero-order valence-electron chi connectivity index (χ0n) is 10.5. The van der Waals surface area contributed by atoms with E-state index >= 15 is 0 Å². The van der Waals surface area contributed by atoms with Gasteiger partial charge in [0.05, 0.1) is 6.26 Å². The van der Waals surface area contributed by atoms with Crippen molar-refractivity contribution in [2.45, 2.75) is 20.8 Å². The highest BCUT2D eigenvalue weighted by Crippen LogP contribution is 2.10. The van der Waals surface area contributed by atoms with Crippen molar-refractivity contribution in [3.63, 3.8) is 0 Å². The van der Waals surface area contributed by atoms with Crippen LogP contribution in [-0.2, 0) is 10.0 Å². The van der Waals surface area contributed by atoms with Gasteiger partial charge in [-0.1, -0.05) is 0 Å². The molecule has 0 amide bonds. The summed E-state index contributed by atoms with van der Waals surface area (Å²) in [5.74, 6) is 0.529. The number of aromatic nitrogens is 2. The fourth-order valence-corrected chi connectivity index (χ4v) is 1.73. The summed E-state index contributed by atoms with van der Waals surface area (Å²) in [6.07, 6.45) is 1.13. The van der Waals surface area contributed by atoms with Gasteiger partial charge in [0.1, 0.15) is 0 Å². The average molecular weight is 258 g/mol. The fourth-order valence-electron chi connectivity index (χ4n) is 1.26. The molecule has 0 bridgehead atoms. The molecule has 0 spiro atoms. The Bertz CT molecular complexity index is 476. The van der Waals surface area contributed by atoms with Gasteiger partial charge in [-0.3, -0.25) is 0 Å². The van der Waals surface area contributed by atoms with E-state index in [9.17, 15) is 8.42 Å². The maximum atomic E-state index is 10.8. The topological polar surface area (TPSA) is 84.0 Å². The number of sulfonamides is 1. The third-order valence-corrected chi connectivity index (χ3v) is 3.13. The summed E-state index contributed by atoms with van der Waals surface area (Å²) in [6.45, 7) is 6.58. The minimum absolute atomic E-state index is 0.314.